The summed E-state index contributed by atoms with van der Waals surface area (Å²) in [7, 11) is 0. The van der Waals surface area contributed by atoms with Crippen molar-refractivity contribution >= 4 is 11.9 Å². The molecule has 0 unspecified atom stereocenters. The first-order valence-corrected chi connectivity index (χ1v) is 15.2. The minimum absolute atomic E-state index is 0.0954. The molecule has 1 aliphatic rings. The maximum absolute atomic E-state index is 11.9. The second kappa shape index (κ2) is 17.5. The molecule has 0 aromatic heterocycles. The van der Waals surface area contributed by atoms with Crippen molar-refractivity contribution in [2.75, 3.05) is 26.8 Å². The summed E-state index contributed by atoms with van der Waals surface area (Å²) < 4.78 is 21.4. The van der Waals surface area contributed by atoms with E-state index in [1.54, 1.807) is 12.1 Å². The van der Waals surface area contributed by atoms with Crippen molar-refractivity contribution in [1.29, 1.82) is 0 Å². The minimum Gasteiger partial charge on any atom is -0.453 e. The summed E-state index contributed by atoms with van der Waals surface area (Å²) in [5, 5.41) is 18.2. The Kier molecular flexibility index (Phi) is 13.8. The number of esters is 2. The number of hydrogen-bond donors (Lipinski definition) is 2. The van der Waals surface area contributed by atoms with Gasteiger partial charge in [0.15, 0.2) is 11.5 Å². The zero-order valence-electron chi connectivity index (χ0n) is 25.6. The standard InChI is InChI=1S/C35H46O8/c1-5-7-8-9-26-10-12-28(13-11-26)31-16-14-29(18-27(31)6-2)30-15-17-32(40-22-42-34(38)24(3)20-36)33(19-30)41-23-43-35(39)25(4)21-37/h14-19,26,28,36-37H,3-13,20-23H2,1-2H3. The van der Waals surface area contributed by atoms with E-state index in [1.165, 1.54) is 62.5 Å². The van der Waals surface area contributed by atoms with E-state index in [9.17, 15) is 9.59 Å². The molecule has 8 heteroatoms. The molecule has 2 aromatic carbocycles. The molecule has 0 saturated heterocycles. The quantitative estimate of drug-likeness (QED) is 0.0909. The third kappa shape index (κ3) is 9.97. The number of aryl methyl sites for hydroxylation is 1. The molecule has 0 spiro atoms. The van der Waals surface area contributed by atoms with E-state index in [1.807, 2.05) is 6.07 Å². The Morgan fingerprint density at radius 2 is 1.37 bits per heavy atom. The smallest absolute Gasteiger partial charge is 0.338 e. The molecule has 0 amide bonds. The lowest BCUT2D eigenvalue weighted by molar-refractivity contribution is -0.147. The summed E-state index contributed by atoms with van der Waals surface area (Å²) in [6.45, 7) is 9.39. The van der Waals surface area contributed by atoms with Crippen LogP contribution in [0, 0.1) is 5.92 Å². The third-order valence-corrected chi connectivity index (χ3v) is 8.07. The number of aliphatic hydroxyl groups is 2. The number of benzene rings is 2. The van der Waals surface area contributed by atoms with Crippen LogP contribution in [-0.4, -0.2) is 49.0 Å². The fourth-order valence-electron chi connectivity index (χ4n) is 5.48. The lowest BCUT2D eigenvalue weighted by Crippen LogP contribution is -2.15. The Bertz CT molecular complexity index is 1240. The number of carbonyl (C=O) groups is 2. The van der Waals surface area contributed by atoms with Crippen LogP contribution in [0.1, 0.15) is 82.3 Å². The van der Waals surface area contributed by atoms with Crippen LogP contribution in [0.4, 0.5) is 0 Å². The van der Waals surface area contributed by atoms with Crippen LogP contribution in [0.5, 0.6) is 11.5 Å². The summed E-state index contributed by atoms with van der Waals surface area (Å²) >= 11 is 0. The first-order valence-electron chi connectivity index (χ1n) is 15.2. The van der Waals surface area contributed by atoms with Gasteiger partial charge in [-0.1, -0.05) is 77.0 Å². The second-order valence-corrected chi connectivity index (χ2v) is 11.1. The van der Waals surface area contributed by atoms with Gasteiger partial charge in [-0.05, 0) is 78.3 Å². The lowest BCUT2D eigenvalue weighted by atomic mass is 9.75. The van der Waals surface area contributed by atoms with Gasteiger partial charge in [-0.2, -0.15) is 0 Å². The number of ether oxygens (including phenoxy) is 4. The van der Waals surface area contributed by atoms with Crippen LogP contribution >= 0.6 is 0 Å². The van der Waals surface area contributed by atoms with Crippen LogP contribution in [0.25, 0.3) is 11.1 Å². The van der Waals surface area contributed by atoms with E-state index in [0.717, 1.165) is 23.5 Å². The Morgan fingerprint density at radius 3 is 1.95 bits per heavy atom. The van der Waals surface area contributed by atoms with Gasteiger partial charge in [0.25, 0.3) is 0 Å². The maximum Gasteiger partial charge on any atom is 0.338 e. The van der Waals surface area contributed by atoms with Crippen LogP contribution in [0.2, 0.25) is 0 Å². The number of rotatable bonds is 17. The average Bonchev–Trinajstić information content (AvgIpc) is 3.04. The summed E-state index contributed by atoms with van der Waals surface area (Å²) in [5.74, 6) is 0.413. The lowest BCUT2D eigenvalue weighted by Gasteiger charge is -2.30. The Balaban J connectivity index is 1.76. The van der Waals surface area contributed by atoms with Gasteiger partial charge in [0.2, 0.25) is 13.6 Å². The predicted octanol–water partition coefficient (Wildman–Crippen LogP) is 6.63. The van der Waals surface area contributed by atoms with Gasteiger partial charge in [-0.25, -0.2) is 9.59 Å². The molecule has 3 rings (SSSR count). The van der Waals surface area contributed by atoms with Crippen molar-refractivity contribution in [3.8, 4) is 22.6 Å². The van der Waals surface area contributed by atoms with Crippen molar-refractivity contribution in [2.45, 2.75) is 77.6 Å². The number of hydrogen-bond acceptors (Lipinski definition) is 8. The van der Waals surface area contributed by atoms with Crippen molar-refractivity contribution in [2.24, 2.45) is 5.92 Å². The predicted molar refractivity (Wildman–Crippen MR) is 166 cm³/mol. The van der Waals surface area contributed by atoms with Crippen LogP contribution in [0.3, 0.4) is 0 Å². The van der Waals surface area contributed by atoms with E-state index >= 15 is 0 Å². The molecule has 234 valence electrons. The highest BCUT2D eigenvalue weighted by molar-refractivity contribution is 5.88. The molecule has 0 atom stereocenters. The van der Waals surface area contributed by atoms with Gasteiger partial charge in [-0.3, -0.25) is 0 Å². The first-order chi connectivity index (χ1) is 20.8. The number of aliphatic hydroxyl groups excluding tert-OH is 2. The Hall–Kier alpha value is -3.62. The highest BCUT2D eigenvalue weighted by Gasteiger charge is 2.24. The highest BCUT2D eigenvalue weighted by Crippen LogP contribution is 2.40. The molecule has 2 aromatic rings. The molecular weight excluding hydrogens is 548 g/mol. The van der Waals surface area contributed by atoms with E-state index in [4.69, 9.17) is 29.2 Å². The molecule has 0 heterocycles. The van der Waals surface area contributed by atoms with Gasteiger partial charge in [0, 0.05) is 0 Å². The number of unbranched alkanes of at least 4 members (excludes halogenated alkanes) is 2. The molecule has 1 aliphatic carbocycles. The van der Waals surface area contributed by atoms with Gasteiger partial charge in [0.05, 0.1) is 24.4 Å². The maximum atomic E-state index is 11.9. The Labute approximate surface area is 255 Å². The van der Waals surface area contributed by atoms with Gasteiger partial charge < -0.3 is 29.2 Å². The van der Waals surface area contributed by atoms with E-state index in [-0.39, 0.29) is 22.6 Å². The molecular formula is C35H46O8. The first kappa shape index (κ1) is 33.9. The van der Waals surface area contributed by atoms with E-state index in [0.29, 0.717) is 5.92 Å². The molecule has 2 N–H and O–H groups in total. The summed E-state index contributed by atoms with van der Waals surface area (Å²) in [5.41, 5.74) is 4.48. The largest absolute Gasteiger partial charge is 0.453 e. The molecule has 1 saturated carbocycles. The van der Waals surface area contributed by atoms with Gasteiger partial charge >= 0.3 is 11.9 Å². The van der Waals surface area contributed by atoms with Gasteiger partial charge in [-0.15, -0.1) is 0 Å². The molecule has 0 bridgehead atoms. The van der Waals surface area contributed by atoms with Crippen molar-refractivity contribution in [3.05, 3.63) is 71.8 Å². The zero-order valence-corrected chi connectivity index (χ0v) is 25.6. The Morgan fingerprint density at radius 1 is 0.791 bits per heavy atom. The SMILES string of the molecule is C=C(CO)C(=O)OCOc1ccc(-c2ccc(C3CCC(CCCCC)CC3)c(CC)c2)cc1OCOC(=O)C(=C)CO. The van der Waals surface area contributed by atoms with Crippen molar-refractivity contribution in [1.82, 2.24) is 0 Å². The molecule has 0 radical (unpaired) electrons. The highest BCUT2D eigenvalue weighted by atomic mass is 16.7. The normalized spacial score (nSPS) is 16.3. The minimum atomic E-state index is -0.782. The molecule has 43 heavy (non-hydrogen) atoms. The molecule has 0 aliphatic heterocycles. The van der Waals surface area contributed by atoms with Crippen molar-refractivity contribution in [3.63, 3.8) is 0 Å². The average molecular weight is 595 g/mol. The third-order valence-electron chi connectivity index (χ3n) is 8.07. The van der Waals surface area contributed by atoms with Crippen molar-refractivity contribution < 1.29 is 38.7 Å². The summed E-state index contributed by atoms with van der Waals surface area (Å²) in [6.07, 6.45) is 11.3. The van der Waals surface area contributed by atoms with E-state index < -0.39 is 38.7 Å². The summed E-state index contributed by atoms with van der Waals surface area (Å²) in [6, 6.07) is 12.0. The second-order valence-electron chi connectivity index (χ2n) is 11.1. The van der Waals surface area contributed by atoms with Crippen LogP contribution in [0.15, 0.2) is 60.7 Å². The monoisotopic (exact) mass is 594 g/mol. The summed E-state index contributed by atoms with van der Waals surface area (Å²) in [4.78, 5) is 23.7. The van der Waals surface area contributed by atoms with E-state index in [2.05, 4.69) is 45.2 Å². The molecule has 8 nitrogen and oxygen atoms in total. The fraction of sp³-hybridized carbons (Fsp3) is 0.486. The molecule has 1 fully saturated rings. The fourth-order valence-corrected chi connectivity index (χ4v) is 5.48. The topological polar surface area (TPSA) is 112 Å². The van der Waals surface area contributed by atoms with Crippen LogP contribution in [-0.2, 0) is 25.5 Å². The number of carbonyl (C=O) groups excluding carboxylic acids is 2. The zero-order chi connectivity index (χ0) is 31.2. The van der Waals surface area contributed by atoms with Crippen LogP contribution < -0.4 is 9.47 Å². The van der Waals surface area contributed by atoms with Gasteiger partial charge in [0.1, 0.15) is 0 Å².